The second-order valence-corrected chi connectivity index (χ2v) is 9.66. The Morgan fingerprint density at radius 1 is 1.30 bits per heavy atom. The Labute approximate surface area is 215 Å². The fourth-order valence-electron chi connectivity index (χ4n) is 5.28. The molecule has 4 rings (SSSR count). The highest BCUT2D eigenvalue weighted by atomic mass is 16.6. The lowest BCUT2D eigenvalue weighted by Crippen LogP contribution is -2.41. The molecule has 1 saturated heterocycles. The molecule has 198 valence electrons. The van der Waals surface area contributed by atoms with Gasteiger partial charge in [0.25, 0.3) is 0 Å². The average molecular weight is 512 g/mol. The Kier molecular flexibility index (Phi) is 8.00. The molecule has 0 unspecified atom stereocenters. The summed E-state index contributed by atoms with van der Waals surface area (Å²) in [5.41, 5.74) is 3.72. The van der Waals surface area contributed by atoms with Gasteiger partial charge in [0.1, 0.15) is 18.0 Å². The molecule has 1 aliphatic heterocycles. The molecule has 9 heteroatoms. The van der Waals surface area contributed by atoms with Crippen molar-refractivity contribution in [2.24, 2.45) is 11.8 Å². The minimum atomic E-state index is -0.693. The smallest absolute Gasteiger partial charge is 0.344 e. The van der Waals surface area contributed by atoms with Gasteiger partial charge in [0.15, 0.2) is 12.2 Å². The average Bonchev–Trinajstić information content (AvgIpc) is 3.39. The number of esters is 3. The number of hydrogen-bond acceptors (Lipinski definition) is 9. The summed E-state index contributed by atoms with van der Waals surface area (Å²) in [6.07, 6.45) is 1.58. The van der Waals surface area contributed by atoms with Crippen LogP contribution in [0.1, 0.15) is 52.7 Å². The van der Waals surface area contributed by atoms with Crippen LogP contribution in [0, 0.1) is 11.8 Å². The Hall–Kier alpha value is -3.62. The number of carbonyl (C=O) groups is 3. The summed E-state index contributed by atoms with van der Waals surface area (Å²) in [6, 6.07) is 5.30. The molecule has 0 amide bonds. The third kappa shape index (κ3) is 5.70. The number of fused-ring (bicyclic) bond motifs is 2. The molecular weight excluding hydrogens is 478 g/mol. The largest absolute Gasteiger partial charge is 0.482 e. The van der Waals surface area contributed by atoms with Gasteiger partial charge in [-0.05, 0) is 49.8 Å². The topological polar surface area (TPSA) is 114 Å². The van der Waals surface area contributed by atoms with Crippen LogP contribution in [0.5, 0.6) is 5.75 Å². The molecule has 0 radical (unpaired) electrons. The van der Waals surface area contributed by atoms with E-state index < -0.39 is 30.1 Å². The van der Waals surface area contributed by atoms with Crippen LogP contribution >= 0.6 is 0 Å². The first kappa shape index (κ1) is 26.4. The summed E-state index contributed by atoms with van der Waals surface area (Å²) in [7, 11) is 0. The number of nitrogens with zero attached hydrogens (tertiary/aromatic N) is 1. The molecule has 2 aromatic rings. The fraction of sp³-hybridized carbons (Fsp3) is 0.500. The van der Waals surface area contributed by atoms with Gasteiger partial charge in [-0.2, -0.15) is 0 Å². The van der Waals surface area contributed by atoms with Crippen molar-refractivity contribution in [3.8, 4) is 5.75 Å². The number of benzene rings is 1. The predicted molar refractivity (Wildman–Crippen MR) is 134 cm³/mol. The zero-order chi connectivity index (χ0) is 26.7. The van der Waals surface area contributed by atoms with Crippen LogP contribution in [0.4, 0.5) is 0 Å². The summed E-state index contributed by atoms with van der Waals surface area (Å²) in [6.45, 7) is 11.3. The van der Waals surface area contributed by atoms with E-state index in [9.17, 15) is 14.4 Å². The molecule has 0 saturated carbocycles. The van der Waals surface area contributed by atoms with Crippen molar-refractivity contribution in [3.05, 3.63) is 47.2 Å². The maximum absolute atomic E-state index is 13.0. The van der Waals surface area contributed by atoms with Gasteiger partial charge in [-0.25, -0.2) is 9.59 Å². The summed E-state index contributed by atoms with van der Waals surface area (Å²) in [4.78, 5) is 36.4. The summed E-state index contributed by atoms with van der Waals surface area (Å²) in [5.74, 6) is -1.32. The van der Waals surface area contributed by atoms with Gasteiger partial charge in [0, 0.05) is 30.4 Å². The van der Waals surface area contributed by atoms with Crippen molar-refractivity contribution >= 4 is 28.9 Å². The van der Waals surface area contributed by atoms with E-state index in [-0.39, 0.29) is 18.5 Å². The normalized spacial score (nSPS) is 22.0. The molecule has 0 N–H and O–H groups in total. The number of rotatable bonds is 10. The van der Waals surface area contributed by atoms with Crippen LogP contribution in [0.3, 0.4) is 0 Å². The van der Waals surface area contributed by atoms with E-state index in [2.05, 4.69) is 11.7 Å². The molecule has 1 aromatic heterocycles. The van der Waals surface area contributed by atoms with Crippen molar-refractivity contribution in [1.29, 1.82) is 0 Å². The highest BCUT2D eigenvalue weighted by Gasteiger charge is 2.50. The monoisotopic (exact) mass is 511 g/mol. The van der Waals surface area contributed by atoms with E-state index in [1.54, 1.807) is 12.1 Å². The summed E-state index contributed by atoms with van der Waals surface area (Å²) >= 11 is 0. The Morgan fingerprint density at radius 3 is 2.81 bits per heavy atom. The molecule has 2 heterocycles. The molecule has 1 aromatic carbocycles. The minimum Gasteiger partial charge on any atom is -0.482 e. The quantitative estimate of drug-likeness (QED) is 0.150. The Balaban J connectivity index is 1.47. The first-order valence-electron chi connectivity index (χ1n) is 12.6. The second kappa shape index (κ2) is 11.2. The number of ether oxygens (including phenoxy) is 4. The van der Waals surface area contributed by atoms with Gasteiger partial charge >= 0.3 is 17.9 Å². The van der Waals surface area contributed by atoms with Crippen LogP contribution in [0.25, 0.3) is 11.0 Å². The van der Waals surface area contributed by atoms with E-state index in [4.69, 9.17) is 23.5 Å². The molecular formula is C28H33NO8. The van der Waals surface area contributed by atoms with Gasteiger partial charge in [-0.3, -0.25) is 4.79 Å². The van der Waals surface area contributed by atoms with Crippen molar-refractivity contribution in [2.45, 2.75) is 65.6 Å². The van der Waals surface area contributed by atoms with E-state index in [0.29, 0.717) is 36.4 Å². The van der Waals surface area contributed by atoms with Crippen molar-refractivity contribution in [1.82, 2.24) is 5.16 Å². The fourth-order valence-corrected chi connectivity index (χ4v) is 5.28. The molecule has 2 aliphatic rings. The van der Waals surface area contributed by atoms with Crippen LogP contribution in [-0.2, 0) is 35.0 Å². The minimum absolute atomic E-state index is 0.0281. The number of aromatic nitrogens is 1. The van der Waals surface area contributed by atoms with E-state index in [0.717, 1.165) is 35.1 Å². The molecule has 0 bridgehead atoms. The lowest BCUT2D eigenvalue weighted by molar-refractivity contribution is -0.153. The van der Waals surface area contributed by atoms with Crippen LogP contribution in [-0.4, -0.2) is 48.5 Å². The van der Waals surface area contributed by atoms with Gasteiger partial charge in [0.2, 0.25) is 0 Å². The second-order valence-electron chi connectivity index (χ2n) is 9.66. The van der Waals surface area contributed by atoms with Gasteiger partial charge in [0.05, 0.1) is 18.2 Å². The van der Waals surface area contributed by atoms with Crippen molar-refractivity contribution < 1.29 is 37.9 Å². The zero-order valence-electron chi connectivity index (χ0n) is 21.7. The molecule has 1 fully saturated rings. The van der Waals surface area contributed by atoms with Crippen LogP contribution in [0.15, 0.2) is 46.0 Å². The molecule has 37 heavy (non-hydrogen) atoms. The lowest BCUT2D eigenvalue weighted by atomic mass is 9.73. The van der Waals surface area contributed by atoms with Crippen molar-refractivity contribution in [2.75, 3.05) is 13.2 Å². The van der Waals surface area contributed by atoms with Crippen LogP contribution in [0.2, 0.25) is 0 Å². The first-order valence-corrected chi connectivity index (χ1v) is 12.6. The highest BCUT2D eigenvalue weighted by Crippen LogP contribution is 2.45. The van der Waals surface area contributed by atoms with E-state index in [1.807, 2.05) is 26.8 Å². The number of carbonyl (C=O) groups excluding carboxylic acids is 3. The molecule has 1 aliphatic carbocycles. The predicted octanol–water partition coefficient (Wildman–Crippen LogP) is 4.48. The lowest BCUT2D eigenvalue weighted by Gasteiger charge is -2.37. The Bertz CT molecular complexity index is 1240. The standard InChI is InChI=1S/C28H33NO8/c1-6-21-20-10-9-19(13-22(20)37-29-21)34-14-24(31)36-27-25(15(2)8-7-11-33-18(5)30)16(3)12-23-26(27)17(4)28(32)35-23/h9-10,13,15,23,26-27H,4,6-8,11-12,14H2,1-3,5H3/t15-,23+,26+,27+/m0/s1. The van der Waals surface area contributed by atoms with Crippen LogP contribution < -0.4 is 4.74 Å². The maximum atomic E-state index is 13.0. The third-order valence-electron chi connectivity index (χ3n) is 7.04. The van der Waals surface area contributed by atoms with Crippen molar-refractivity contribution in [3.63, 3.8) is 0 Å². The van der Waals surface area contributed by atoms with Gasteiger partial charge < -0.3 is 23.5 Å². The SMILES string of the molecule is C=C1C(=O)O[C@@H]2CC(C)=C([C@@H](C)CCCOC(C)=O)[C@@H](OC(=O)COc3ccc4c(CC)noc4c3)[C@H]12. The Morgan fingerprint density at radius 2 is 2.08 bits per heavy atom. The highest BCUT2D eigenvalue weighted by molar-refractivity contribution is 5.91. The van der Waals surface area contributed by atoms with E-state index in [1.165, 1.54) is 6.92 Å². The molecule has 4 atom stereocenters. The molecule has 9 nitrogen and oxygen atoms in total. The van der Waals surface area contributed by atoms with Gasteiger partial charge in [-0.1, -0.05) is 31.2 Å². The first-order chi connectivity index (χ1) is 17.7. The number of aryl methyl sites for hydroxylation is 1. The summed E-state index contributed by atoms with van der Waals surface area (Å²) in [5, 5.41) is 4.94. The summed E-state index contributed by atoms with van der Waals surface area (Å²) < 4.78 is 27.6. The zero-order valence-corrected chi connectivity index (χ0v) is 21.7. The third-order valence-corrected chi connectivity index (χ3v) is 7.04. The molecule has 0 spiro atoms. The maximum Gasteiger partial charge on any atom is 0.344 e. The number of hydrogen-bond donors (Lipinski definition) is 0. The van der Waals surface area contributed by atoms with E-state index >= 15 is 0 Å². The van der Waals surface area contributed by atoms with Gasteiger partial charge in [-0.15, -0.1) is 0 Å².